The van der Waals surface area contributed by atoms with Crippen LogP contribution in [0.15, 0.2) is 17.1 Å². The zero-order valence-electron chi connectivity index (χ0n) is 11.8. The standard InChI is InChI=1S/C16H17F3N2/c1-15-7-12-9(3-2-6-20-12)13-10(16(17,18)19)4-5-11(14(13)15)21-8-15/h4-5,8-9,12,20H,2-3,6-7H2,1H3/t9-,12+,15?/m0/s1. The molecule has 21 heavy (non-hydrogen) atoms. The third kappa shape index (κ3) is 1.79. The van der Waals surface area contributed by atoms with Crippen molar-refractivity contribution in [1.82, 2.24) is 5.32 Å². The van der Waals surface area contributed by atoms with Crippen LogP contribution >= 0.6 is 0 Å². The molecule has 1 N–H and O–H groups in total. The first-order valence-corrected chi connectivity index (χ1v) is 7.43. The summed E-state index contributed by atoms with van der Waals surface area (Å²) >= 11 is 0. The van der Waals surface area contributed by atoms with Crippen LogP contribution < -0.4 is 5.32 Å². The second kappa shape index (κ2) is 4.09. The summed E-state index contributed by atoms with van der Waals surface area (Å²) in [6.07, 6.45) is 0.135. The molecule has 1 aromatic rings. The molecular formula is C16H17F3N2. The maximum absolute atomic E-state index is 13.5. The Morgan fingerprint density at radius 3 is 2.90 bits per heavy atom. The molecule has 1 unspecified atom stereocenters. The van der Waals surface area contributed by atoms with Crippen LogP contribution in [0.1, 0.15) is 48.8 Å². The SMILES string of the molecule is CC12C=Nc3ccc(C(F)(F)F)c(c31)[C@H]1CCCN[C@@H]1C2. The van der Waals surface area contributed by atoms with Gasteiger partial charge in [0.25, 0.3) is 0 Å². The molecule has 0 aromatic heterocycles. The maximum Gasteiger partial charge on any atom is 0.416 e. The quantitative estimate of drug-likeness (QED) is 0.770. The van der Waals surface area contributed by atoms with E-state index in [9.17, 15) is 13.2 Å². The van der Waals surface area contributed by atoms with E-state index in [1.807, 2.05) is 13.1 Å². The number of hydrogen-bond acceptors (Lipinski definition) is 2. The topological polar surface area (TPSA) is 24.4 Å². The number of nitrogens with zero attached hydrogens (tertiary/aromatic N) is 1. The molecular weight excluding hydrogens is 277 g/mol. The van der Waals surface area contributed by atoms with Crippen molar-refractivity contribution in [2.75, 3.05) is 6.54 Å². The Balaban J connectivity index is 1.99. The molecule has 3 atom stereocenters. The molecule has 2 nitrogen and oxygen atoms in total. The number of halogens is 3. The van der Waals surface area contributed by atoms with E-state index in [2.05, 4.69) is 10.3 Å². The summed E-state index contributed by atoms with van der Waals surface area (Å²) in [6.45, 7) is 2.91. The third-order valence-corrected chi connectivity index (χ3v) is 5.19. The van der Waals surface area contributed by atoms with Gasteiger partial charge in [-0.05, 0) is 49.1 Å². The van der Waals surface area contributed by atoms with Crippen molar-refractivity contribution in [3.63, 3.8) is 0 Å². The molecule has 2 heterocycles. The van der Waals surface area contributed by atoms with Crippen LogP contribution in [0.25, 0.3) is 0 Å². The van der Waals surface area contributed by atoms with Gasteiger partial charge < -0.3 is 5.32 Å². The van der Waals surface area contributed by atoms with Crippen molar-refractivity contribution in [2.24, 2.45) is 4.99 Å². The predicted octanol–water partition coefficient (Wildman–Crippen LogP) is 3.92. The summed E-state index contributed by atoms with van der Waals surface area (Å²) in [7, 11) is 0. The smallest absolute Gasteiger partial charge is 0.313 e. The number of nitrogens with one attached hydrogen (secondary N) is 1. The fourth-order valence-electron chi connectivity index (χ4n) is 4.35. The Hall–Kier alpha value is -1.36. The van der Waals surface area contributed by atoms with Crippen LogP contribution in [-0.2, 0) is 11.6 Å². The third-order valence-electron chi connectivity index (χ3n) is 5.19. The van der Waals surface area contributed by atoms with Crippen LogP contribution in [0.5, 0.6) is 0 Å². The molecule has 1 aromatic carbocycles. The molecule has 0 spiro atoms. The summed E-state index contributed by atoms with van der Waals surface area (Å²) < 4.78 is 40.4. The Kier molecular flexibility index (Phi) is 2.60. The zero-order valence-corrected chi connectivity index (χ0v) is 11.8. The van der Waals surface area contributed by atoms with Crippen molar-refractivity contribution in [3.8, 4) is 0 Å². The lowest BCUT2D eigenvalue weighted by atomic mass is 9.63. The first kappa shape index (κ1) is 13.3. The van der Waals surface area contributed by atoms with Crippen molar-refractivity contribution in [1.29, 1.82) is 0 Å². The number of rotatable bonds is 0. The first-order chi connectivity index (χ1) is 9.90. The van der Waals surface area contributed by atoms with Gasteiger partial charge in [-0.25, -0.2) is 0 Å². The van der Waals surface area contributed by atoms with E-state index in [1.165, 1.54) is 12.1 Å². The Labute approximate surface area is 121 Å². The number of alkyl halides is 3. The molecule has 3 aliphatic rings. The van der Waals surface area contributed by atoms with Gasteiger partial charge in [-0.3, -0.25) is 4.99 Å². The van der Waals surface area contributed by atoms with Crippen LogP contribution in [0.4, 0.5) is 18.9 Å². The summed E-state index contributed by atoms with van der Waals surface area (Å²) in [4.78, 5) is 4.39. The summed E-state index contributed by atoms with van der Waals surface area (Å²) in [6, 6.07) is 2.87. The lowest BCUT2D eigenvalue weighted by molar-refractivity contribution is -0.138. The molecule has 112 valence electrons. The molecule has 5 heteroatoms. The fraction of sp³-hybridized carbons (Fsp3) is 0.562. The average Bonchev–Trinajstić information content (AvgIpc) is 2.76. The van der Waals surface area contributed by atoms with Gasteiger partial charge in [0.1, 0.15) is 0 Å². The predicted molar refractivity (Wildman–Crippen MR) is 75.3 cm³/mol. The summed E-state index contributed by atoms with van der Waals surface area (Å²) in [5, 5.41) is 3.42. The normalized spacial score (nSPS) is 33.7. The minimum absolute atomic E-state index is 0.0416. The largest absolute Gasteiger partial charge is 0.416 e. The van der Waals surface area contributed by atoms with E-state index in [0.717, 1.165) is 37.1 Å². The second-order valence-electron chi connectivity index (χ2n) is 6.61. The van der Waals surface area contributed by atoms with Crippen molar-refractivity contribution in [3.05, 3.63) is 28.8 Å². The molecule has 2 aliphatic heterocycles. The van der Waals surface area contributed by atoms with Gasteiger partial charge in [0.05, 0.1) is 11.3 Å². The summed E-state index contributed by atoms with van der Waals surface area (Å²) in [5.41, 5.74) is 1.23. The summed E-state index contributed by atoms with van der Waals surface area (Å²) in [5.74, 6) is -0.0416. The van der Waals surface area contributed by atoms with E-state index in [0.29, 0.717) is 5.56 Å². The molecule has 1 saturated heterocycles. The molecule has 0 bridgehead atoms. The van der Waals surface area contributed by atoms with Crippen molar-refractivity contribution < 1.29 is 13.2 Å². The lowest BCUT2D eigenvalue weighted by Gasteiger charge is -2.45. The highest BCUT2D eigenvalue weighted by molar-refractivity contribution is 5.87. The van der Waals surface area contributed by atoms with Gasteiger partial charge in [0, 0.05) is 23.6 Å². The van der Waals surface area contributed by atoms with Crippen molar-refractivity contribution >= 4 is 11.9 Å². The number of aliphatic imine (C=N–C) groups is 1. The molecule has 0 amide bonds. The highest BCUT2D eigenvalue weighted by Crippen LogP contribution is 2.54. The number of benzene rings is 1. The molecule has 1 aliphatic carbocycles. The highest BCUT2D eigenvalue weighted by atomic mass is 19.4. The van der Waals surface area contributed by atoms with Crippen LogP contribution in [0.3, 0.4) is 0 Å². The number of fused-ring (bicyclic) bond motifs is 2. The highest BCUT2D eigenvalue weighted by Gasteiger charge is 2.49. The van der Waals surface area contributed by atoms with Gasteiger partial charge in [-0.15, -0.1) is 0 Å². The van der Waals surface area contributed by atoms with E-state index in [4.69, 9.17) is 0 Å². The minimum atomic E-state index is -4.30. The van der Waals surface area contributed by atoms with E-state index in [1.54, 1.807) is 0 Å². The maximum atomic E-state index is 13.5. The molecule has 0 saturated carbocycles. The Morgan fingerprint density at radius 1 is 1.33 bits per heavy atom. The first-order valence-electron chi connectivity index (χ1n) is 7.43. The number of hydrogen-bond donors (Lipinski definition) is 1. The van der Waals surface area contributed by atoms with Crippen LogP contribution in [-0.4, -0.2) is 18.8 Å². The fourth-order valence-corrected chi connectivity index (χ4v) is 4.35. The van der Waals surface area contributed by atoms with E-state index in [-0.39, 0.29) is 17.4 Å². The lowest BCUT2D eigenvalue weighted by Crippen LogP contribution is -2.49. The second-order valence-corrected chi connectivity index (χ2v) is 6.61. The molecule has 4 rings (SSSR count). The van der Waals surface area contributed by atoms with E-state index < -0.39 is 11.7 Å². The van der Waals surface area contributed by atoms with Gasteiger partial charge in [0.15, 0.2) is 0 Å². The average molecular weight is 294 g/mol. The Bertz CT molecular complexity index is 635. The zero-order chi connectivity index (χ0) is 14.8. The molecule has 1 fully saturated rings. The van der Waals surface area contributed by atoms with E-state index >= 15 is 0 Å². The Morgan fingerprint density at radius 2 is 2.14 bits per heavy atom. The monoisotopic (exact) mass is 294 g/mol. The molecule has 0 radical (unpaired) electrons. The van der Waals surface area contributed by atoms with Gasteiger partial charge in [-0.1, -0.05) is 6.92 Å². The van der Waals surface area contributed by atoms with Crippen LogP contribution in [0.2, 0.25) is 0 Å². The number of piperidine rings is 1. The van der Waals surface area contributed by atoms with Gasteiger partial charge in [0.2, 0.25) is 0 Å². The van der Waals surface area contributed by atoms with Crippen molar-refractivity contribution in [2.45, 2.75) is 49.7 Å². The van der Waals surface area contributed by atoms with Gasteiger partial charge >= 0.3 is 6.18 Å². The minimum Gasteiger partial charge on any atom is -0.313 e. The van der Waals surface area contributed by atoms with Gasteiger partial charge in [-0.2, -0.15) is 13.2 Å². The van der Waals surface area contributed by atoms with Crippen LogP contribution in [0, 0.1) is 0 Å².